The lowest BCUT2D eigenvalue weighted by Gasteiger charge is -2.31. The van der Waals surface area contributed by atoms with Gasteiger partial charge in [-0.05, 0) is 18.2 Å². The molecule has 1 aliphatic carbocycles. The Hall–Kier alpha value is -2.06. The fourth-order valence-electron chi connectivity index (χ4n) is 3.07. The molecule has 1 unspecified atom stereocenters. The Morgan fingerprint density at radius 3 is 2.12 bits per heavy atom. The predicted octanol–water partition coefficient (Wildman–Crippen LogP) is 2.18. The maximum absolute atomic E-state index is 12.9. The Labute approximate surface area is 154 Å². The first-order valence-corrected chi connectivity index (χ1v) is 9.69. The van der Waals surface area contributed by atoms with Gasteiger partial charge in [-0.25, -0.2) is 8.42 Å². The van der Waals surface area contributed by atoms with Crippen LogP contribution in [0, 0.1) is 0 Å². The van der Waals surface area contributed by atoms with Crippen LogP contribution in [0.25, 0.3) is 0 Å². The summed E-state index contributed by atoms with van der Waals surface area (Å²) in [5, 5.41) is 0. The van der Waals surface area contributed by atoms with E-state index < -0.39 is 20.0 Å². The molecule has 0 saturated carbocycles. The molecular weight excluding hydrogens is 380 g/mol. The summed E-state index contributed by atoms with van der Waals surface area (Å²) in [6.07, 6.45) is 0. The highest BCUT2D eigenvalue weighted by Crippen LogP contribution is 2.36. The summed E-state index contributed by atoms with van der Waals surface area (Å²) in [7, 11) is -4.16. The number of carbonyl (C=O) groups is 2. The molecule has 0 bridgehead atoms. The van der Waals surface area contributed by atoms with E-state index in [1.807, 2.05) is 0 Å². The van der Waals surface area contributed by atoms with Gasteiger partial charge in [-0.1, -0.05) is 35.9 Å². The van der Waals surface area contributed by atoms with Crippen molar-refractivity contribution in [1.29, 1.82) is 0 Å². The first-order chi connectivity index (χ1) is 12.3. The molecule has 1 heterocycles. The van der Waals surface area contributed by atoms with Gasteiger partial charge in [0.05, 0.1) is 18.1 Å². The zero-order valence-corrected chi connectivity index (χ0v) is 15.0. The van der Waals surface area contributed by atoms with Crippen LogP contribution in [0.15, 0.2) is 47.4 Å². The van der Waals surface area contributed by atoms with Gasteiger partial charge in [0, 0.05) is 22.3 Å². The van der Waals surface area contributed by atoms with Crippen molar-refractivity contribution in [3.05, 3.63) is 64.7 Å². The first-order valence-electron chi connectivity index (χ1n) is 7.83. The second kappa shape index (κ2) is 5.99. The van der Waals surface area contributed by atoms with Crippen LogP contribution in [0.4, 0.5) is 0 Å². The number of benzene rings is 2. The summed E-state index contributed by atoms with van der Waals surface area (Å²) < 4.78 is 34.1. The minimum Gasteiger partial charge on any atom is -0.374 e. The molecule has 2 aliphatic rings. The van der Waals surface area contributed by atoms with Gasteiger partial charge < -0.3 is 9.47 Å². The zero-order chi connectivity index (χ0) is 18.5. The van der Waals surface area contributed by atoms with Crippen LogP contribution in [0.5, 0.6) is 0 Å². The average molecular weight is 393 g/mol. The standard InChI is InChI=1S/C18H13ClO6S/c19-18(10-24-7-8-25-18)26(22,23)11-5-6-14-15(9-11)17(21)13-4-2-1-3-12(13)16(14)20/h1-6,9H,7-8,10H2. The van der Waals surface area contributed by atoms with Crippen molar-refractivity contribution in [3.63, 3.8) is 0 Å². The number of hydrogen-bond acceptors (Lipinski definition) is 6. The second-order valence-corrected chi connectivity index (χ2v) is 8.95. The van der Waals surface area contributed by atoms with Crippen LogP contribution in [0.1, 0.15) is 31.8 Å². The second-order valence-electron chi connectivity index (χ2n) is 5.98. The number of ketones is 2. The number of ether oxygens (including phenoxy) is 2. The van der Waals surface area contributed by atoms with Gasteiger partial charge in [-0.2, -0.15) is 0 Å². The molecule has 4 rings (SSSR count). The van der Waals surface area contributed by atoms with Crippen LogP contribution in [0.2, 0.25) is 0 Å². The fraction of sp³-hybridized carbons (Fsp3) is 0.222. The molecular formula is C18H13ClO6S. The molecule has 0 spiro atoms. The first kappa shape index (κ1) is 17.4. The van der Waals surface area contributed by atoms with Crippen molar-refractivity contribution < 1.29 is 27.5 Å². The monoisotopic (exact) mass is 392 g/mol. The van der Waals surface area contributed by atoms with Gasteiger partial charge in [0.15, 0.2) is 11.6 Å². The van der Waals surface area contributed by atoms with Crippen molar-refractivity contribution in [2.75, 3.05) is 19.8 Å². The normalized spacial score (nSPS) is 22.7. The molecule has 134 valence electrons. The van der Waals surface area contributed by atoms with Gasteiger partial charge in [0.2, 0.25) is 9.84 Å². The van der Waals surface area contributed by atoms with E-state index in [1.54, 1.807) is 24.3 Å². The Balaban J connectivity index is 1.83. The van der Waals surface area contributed by atoms with E-state index in [1.165, 1.54) is 18.2 Å². The summed E-state index contributed by atoms with van der Waals surface area (Å²) >= 11 is 6.14. The Kier molecular flexibility index (Phi) is 4.00. The Bertz CT molecular complexity index is 1040. The Morgan fingerprint density at radius 1 is 0.885 bits per heavy atom. The topological polar surface area (TPSA) is 86.7 Å². The molecule has 2 aromatic carbocycles. The third kappa shape index (κ3) is 2.43. The molecule has 1 aliphatic heterocycles. The summed E-state index contributed by atoms with van der Waals surface area (Å²) in [4.78, 5) is 25.2. The molecule has 1 atom stereocenters. The van der Waals surface area contributed by atoms with Crippen molar-refractivity contribution >= 4 is 33.0 Å². The molecule has 0 N–H and O–H groups in total. The number of carbonyl (C=O) groups excluding carboxylic acids is 2. The van der Waals surface area contributed by atoms with E-state index in [4.69, 9.17) is 21.1 Å². The van der Waals surface area contributed by atoms with Crippen LogP contribution < -0.4 is 0 Å². The van der Waals surface area contributed by atoms with Crippen LogP contribution in [-0.4, -0.2) is 44.2 Å². The SMILES string of the molecule is O=C1c2ccccc2C(=O)c2cc(S(=O)(=O)C3(Cl)COCCO3)ccc21. The lowest BCUT2D eigenvalue weighted by Crippen LogP contribution is -2.45. The molecule has 8 heteroatoms. The Morgan fingerprint density at radius 2 is 1.50 bits per heavy atom. The lowest BCUT2D eigenvalue weighted by molar-refractivity contribution is -0.0736. The third-order valence-electron chi connectivity index (χ3n) is 4.43. The van der Waals surface area contributed by atoms with E-state index in [9.17, 15) is 18.0 Å². The minimum atomic E-state index is -4.16. The average Bonchev–Trinajstić information content (AvgIpc) is 2.66. The van der Waals surface area contributed by atoms with Crippen molar-refractivity contribution in [2.45, 2.75) is 9.29 Å². The van der Waals surface area contributed by atoms with Gasteiger partial charge >= 0.3 is 0 Å². The summed E-state index contributed by atoms with van der Waals surface area (Å²) in [6, 6.07) is 10.2. The number of fused-ring (bicyclic) bond motifs is 2. The number of hydrogen-bond donors (Lipinski definition) is 0. The largest absolute Gasteiger partial charge is 0.374 e. The van der Waals surface area contributed by atoms with Crippen LogP contribution in [0.3, 0.4) is 0 Å². The number of halogens is 1. The summed E-state index contributed by atoms with van der Waals surface area (Å²) in [5.41, 5.74) is 0.750. The smallest absolute Gasteiger partial charge is 0.272 e. The van der Waals surface area contributed by atoms with Crippen molar-refractivity contribution in [1.82, 2.24) is 0 Å². The van der Waals surface area contributed by atoms with E-state index in [0.29, 0.717) is 5.56 Å². The van der Waals surface area contributed by atoms with E-state index in [-0.39, 0.29) is 47.2 Å². The third-order valence-corrected chi connectivity index (χ3v) is 7.17. The van der Waals surface area contributed by atoms with Gasteiger partial charge in [0.1, 0.15) is 6.61 Å². The van der Waals surface area contributed by atoms with E-state index in [0.717, 1.165) is 0 Å². The lowest BCUT2D eigenvalue weighted by atomic mass is 9.84. The summed E-state index contributed by atoms with van der Waals surface area (Å²) in [5.74, 6) is -0.728. The predicted molar refractivity (Wildman–Crippen MR) is 92.3 cm³/mol. The van der Waals surface area contributed by atoms with E-state index in [2.05, 4.69) is 0 Å². The number of rotatable bonds is 2. The molecule has 26 heavy (non-hydrogen) atoms. The molecule has 2 aromatic rings. The molecule has 6 nitrogen and oxygen atoms in total. The minimum absolute atomic E-state index is 0.0340. The molecule has 0 amide bonds. The highest BCUT2D eigenvalue weighted by atomic mass is 35.5. The van der Waals surface area contributed by atoms with Crippen molar-refractivity contribution in [2.24, 2.45) is 0 Å². The van der Waals surface area contributed by atoms with Gasteiger partial charge in [-0.3, -0.25) is 9.59 Å². The fourth-order valence-corrected chi connectivity index (χ4v) is 4.84. The quantitative estimate of drug-likeness (QED) is 0.621. The molecule has 1 fully saturated rings. The molecule has 0 radical (unpaired) electrons. The van der Waals surface area contributed by atoms with Gasteiger partial charge in [0.25, 0.3) is 4.39 Å². The maximum atomic E-state index is 12.9. The number of sulfone groups is 1. The molecule has 0 aromatic heterocycles. The summed E-state index contributed by atoms with van der Waals surface area (Å²) in [6.45, 7) is -0.0416. The highest BCUT2D eigenvalue weighted by molar-refractivity contribution is 7.94. The van der Waals surface area contributed by atoms with E-state index >= 15 is 0 Å². The zero-order valence-electron chi connectivity index (χ0n) is 13.4. The van der Waals surface area contributed by atoms with Gasteiger partial charge in [-0.15, -0.1) is 0 Å². The van der Waals surface area contributed by atoms with Crippen LogP contribution >= 0.6 is 11.6 Å². The van der Waals surface area contributed by atoms with Crippen molar-refractivity contribution in [3.8, 4) is 0 Å². The van der Waals surface area contributed by atoms with Crippen LogP contribution in [-0.2, 0) is 19.3 Å². The maximum Gasteiger partial charge on any atom is 0.272 e. The number of alkyl halides is 1. The highest BCUT2D eigenvalue weighted by Gasteiger charge is 2.47. The molecule has 1 saturated heterocycles.